The normalized spacial score (nSPS) is 12.7. The summed E-state index contributed by atoms with van der Waals surface area (Å²) in [6.07, 6.45) is -2.60. The fraction of sp³-hybridized carbons (Fsp3) is 0.421. The maximum Gasteiger partial charge on any atom is 0.408 e. The Morgan fingerprint density at radius 1 is 1.17 bits per heavy atom. The number of nitrogens with zero attached hydrogens (tertiary/aromatic N) is 4. The van der Waals surface area contributed by atoms with Crippen molar-refractivity contribution in [1.29, 1.82) is 0 Å². The lowest BCUT2D eigenvalue weighted by Crippen LogP contribution is -2.36. The zero-order chi connectivity index (χ0) is 21.9. The molecule has 0 fully saturated rings. The lowest BCUT2D eigenvalue weighted by atomic mass is 10.1. The van der Waals surface area contributed by atoms with Crippen molar-refractivity contribution < 1.29 is 22.6 Å². The Hall–Kier alpha value is -3.24. The predicted octanol–water partition coefficient (Wildman–Crippen LogP) is 3.62. The first-order valence-corrected chi connectivity index (χ1v) is 9.30. The van der Waals surface area contributed by atoms with Gasteiger partial charge in [-0.2, -0.15) is 23.3 Å². The van der Waals surface area contributed by atoms with E-state index in [2.05, 4.69) is 20.4 Å². The number of fused-ring (bicyclic) bond motifs is 1. The molecule has 11 heteroatoms. The van der Waals surface area contributed by atoms with Crippen molar-refractivity contribution in [2.24, 2.45) is 0 Å². The number of ether oxygens (including phenoxy) is 2. The number of halogens is 3. The van der Waals surface area contributed by atoms with E-state index in [1.165, 1.54) is 18.9 Å². The SMILES string of the molecule is CCCC(Nc1nc(N)nc2cn(Cc3c(OC)cccc3OC)nc12)C(F)(F)F. The van der Waals surface area contributed by atoms with Gasteiger partial charge in [0.15, 0.2) is 11.3 Å². The lowest BCUT2D eigenvalue weighted by Gasteiger charge is -2.21. The molecule has 3 aromatic rings. The summed E-state index contributed by atoms with van der Waals surface area (Å²) in [7, 11) is 3.08. The van der Waals surface area contributed by atoms with Crippen molar-refractivity contribution in [1.82, 2.24) is 19.7 Å². The number of hydrogen-bond donors (Lipinski definition) is 2. The highest BCUT2D eigenvalue weighted by atomic mass is 19.4. The van der Waals surface area contributed by atoms with Gasteiger partial charge in [0.25, 0.3) is 0 Å². The molecule has 0 aliphatic carbocycles. The second-order valence-electron chi connectivity index (χ2n) is 6.66. The monoisotopic (exact) mass is 424 g/mol. The molecule has 1 unspecified atom stereocenters. The molecular weight excluding hydrogens is 401 g/mol. The van der Waals surface area contributed by atoms with Crippen LogP contribution in [0.5, 0.6) is 11.5 Å². The number of anilines is 2. The van der Waals surface area contributed by atoms with Gasteiger partial charge in [-0.3, -0.25) is 4.68 Å². The van der Waals surface area contributed by atoms with Crippen molar-refractivity contribution in [3.63, 3.8) is 0 Å². The summed E-state index contributed by atoms with van der Waals surface area (Å²) in [6, 6.07) is 3.59. The van der Waals surface area contributed by atoms with Gasteiger partial charge in [0.1, 0.15) is 23.1 Å². The minimum Gasteiger partial charge on any atom is -0.496 e. The molecule has 1 aromatic carbocycles. The highest BCUT2D eigenvalue weighted by Gasteiger charge is 2.39. The topological polar surface area (TPSA) is 100 Å². The standard InChI is InChI=1S/C19H23F3N6O2/c1-4-6-15(19(20,21)22)25-17-16-12(24-18(23)26-17)10-28(27-16)9-11-13(29-2)7-5-8-14(11)30-3/h5,7-8,10,15H,4,6,9H2,1-3H3,(H3,23,24,25,26). The number of nitrogens with two attached hydrogens (primary N) is 1. The van der Waals surface area contributed by atoms with Crippen LogP contribution in [0.3, 0.4) is 0 Å². The Morgan fingerprint density at radius 3 is 2.40 bits per heavy atom. The molecule has 3 rings (SSSR count). The maximum atomic E-state index is 13.4. The van der Waals surface area contributed by atoms with Crippen molar-refractivity contribution in [2.45, 2.75) is 38.5 Å². The Kier molecular flexibility index (Phi) is 6.18. The summed E-state index contributed by atoms with van der Waals surface area (Å²) in [4.78, 5) is 8.05. The van der Waals surface area contributed by atoms with Crippen LogP contribution in [-0.2, 0) is 6.54 Å². The van der Waals surface area contributed by atoms with E-state index in [-0.39, 0.29) is 30.2 Å². The molecule has 0 saturated heterocycles. The van der Waals surface area contributed by atoms with Gasteiger partial charge in [0.05, 0.1) is 32.5 Å². The van der Waals surface area contributed by atoms with Gasteiger partial charge >= 0.3 is 6.18 Å². The molecule has 1 atom stereocenters. The van der Waals surface area contributed by atoms with Gasteiger partial charge in [-0.25, -0.2) is 4.98 Å². The Bertz CT molecular complexity index is 999. The Labute approximate surface area is 171 Å². The molecule has 2 heterocycles. The second-order valence-corrected chi connectivity index (χ2v) is 6.66. The zero-order valence-electron chi connectivity index (χ0n) is 16.8. The van der Waals surface area contributed by atoms with E-state index in [0.717, 1.165) is 5.56 Å². The molecule has 0 amide bonds. The minimum atomic E-state index is -4.44. The van der Waals surface area contributed by atoms with Crippen LogP contribution in [-0.4, -0.2) is 46.2 Å². The van der Waals surface area contributed by atoms with E-state index >= 15 is 0 Å². The fourth-order valence-corrected chi connectivity index (χ4v) is 3.18. The average molecular weight is 424 g/mol. The number of aromatic nitrogens is 4. The first kappa shape index (κ1) is 21.5. The molecular formula is C19H23F3N6O2. The molecule has 0 radical (unpaired) electrons. The van der Waals surface area contributed by atoms with E-state index in [1.54, 1.807) is 31.3 Å². The second kappa shape index (κ2) is 8.64. The molecule has 162 valence electrons. The third-order valence-electron chi connectivity index (χ3n) is 4.56. The largest absolute Gasteiger partial charge is 0.496 e. The number of nitrogen functional groups attached to an aromatic ring is 1. The summed E-state index contributed by atoms with van der Waals surface area (Å²) in [5.74, 6) is 0.992. The molecule has 0 saturated carbocycles. The number of rotatable bonds is 8. The van der Waals surface area contributed by atoms with Crippen LogP contribution < -0.4 is 20.5 Å². The van der Waals surface area contributed by atoms with E-state index in [1.807, 2.05) is 0 Å². The van der Waals surface area contributed by atoms with Gasteiger partial charge in [-0.05, 0) is 18.6 Å². The molecule has 0 bridgehead atoms. The smallest absolute Gasteiger partial charge is 0.408 e. The van der Waals surface area contributed by atoms with Crippen LogP contribution in [0.25, 0.3) is 11.0 Å². The highest BCUT2D eigenvalue weighted by Crippen LogP contribution is 2.31. The number of hydrogen-bond acceptors (Lipinski definition) is 7. The van der Waals surface area contributed by atoms with Crippen molar-refractivity contribution in [2.75, 3.05) is 25.3 Å². The number of benzene rings is 1. The van der Waals surface area contributed by atoms with Crippen LogP contribution in [0.1, 0.15) is 25.3 Å². The fourth-order valence-electron chi connectivity index (χ4n) is 3.18. The van der Waals surface area contributed by atoms with E-state index in [4.69, 9.17) is 15.2 Å². The Balaban J connectivity index is 2.00. The van der Waals surface area contributed by atoms with Crippen LogP contribution in [0, 0.1) is 0 Å². The Morgan fingerprint density at radius 2 is 1.83 bits per heavy atom. The summed E-state index contributed by atoms with van der Waals surface area (Å²) in [5.41, 5.74) is 6.97. The van der Waals surface area contributed by atoms with Gasteiger partial charge in [0, 0.05) is 0 Å². The molecule has 3 N–H and O–H groups in total. The van der Waals surface area contributed by atoms with E-state index in [0.29, 0.717) is 23.4 Å². The highest BCUT2D eigenvalue weighted by molar-refractivity contribution is 5.86. The molecule has 30 heavy (non-hydrogen) atoms. The third kappa shape index (κ3) is 4.50. The van der Waals surface area contributed by atoms with Gasteiger partial charge in [-0.1, -0.05) is 19.4 Å². The molecule has 8 nitrogen and oxygen atoms in total. The quantitative estimate of drug-likeness (QED) is 0.570. The van der Waals surface area contributed by atoms with Crippen molar-refractivity contribution in [3.05, 3.63) is 30.0 Å². The minimum absolute atomic E-state index is 0.0565. The molecule has 0 spiro atoms. The van der Waals surface area contributed by atoms with Crippen LogP contribution in [0.2, 0.25) is 0 Å². The van der Waals surface area contributed by atoms with Crippen molar-refractivity contribution >= 4 is 22.8 Å². The zero-order valence-corrected chi connectivity index (χ0v) is 16.8. The van der Waals surface area contributed by atoms with Gasteiger partial charge in [0.2, 0.25) is 5.95 Å². The van der Waals surface area contributed by atoms with E-state index in [9.17, 15) is 13.2 Å². The van der Waals surface area contributed by atoms with Crippen LogP contribution in [0.15, 0.2) is 24.4 Å². The summed E-state index contributed by atoms with van der Waals surface area (Å²) < 4.78 is 52.4. The maximum absolute atomic E-state index is 13.4. The van der Waals surface area contributed by atoms with Crippen LogP contribution >= 0.6 is 0 Å². The average Bonchev–Trinajstić information content (AvgIpc) is 3.09. The van der Waals surface area contributed by atoms with Gasteiger partial charge < -0.3 is 20.5 Å². The lowest BCUT2D eigenvalue weighted by molar-refractivity contribution is -0.143. The summed E-state index contributed by atoms with van der Waals surface area (Å²) in [5, 5.41) is 6.83. The number of alkyl halides is 3. The van der Waals surface area contributed by atoms with Crippen molar-refractivity contribution in [3.8, 4) is 11.5 Å². The molecule has 0 aliphatic rings. The van der Waals surface area contributed by atoms with E-state index < -0.39 is 12.2 Å². The van der Waals surface area contributed by atoms with Gasteiger partial charge in [-0.15, -0.1) is 0 Å². The summed E-state index contributed by atoms with van der Waals surface area (Å²) in [6.45, 7) is 1.93. The number of methoxy groups -OCH3 is 2. The van der Waals surface area contributed by atoms with Crippen LogP contribution in [0.4, 0.5) is 24.9 Å². The molecule has 0 aliphatic heterocycles. The first-order valence-electron chi connectivity index (χ1n) is 9.30. The first-order chi connectivity index (χ1) is 14.3. The molecule has 2 aromatic heterocycles. The predicted molar refractivity (Wildman–Crippen MR) is 107 cm³/mol. The summed E-state index contributed by atoms with van der Waals surface area (Å²) >= 11 is 0. The number of nitrogens with one attached hydrogen (secondary N) is 1. The third-order valence-corrected chi connectivity index (χ3v) is 4.56.